The molecule has 0 aliphatic heterocycles. The summed E-state index contributed by atoms with van der Waals surface area (Å²) in [7, 11) is 0. The molecule has 2 aromatic rings. The van der Waals surface area contributed by atoms with E-state index in [2.05, 4.69) is 24.3 Å². The normalized spacial score (nSPS) is 17.3. The Labute approximate surface area is 119 Å². The molecule has 0 saturated heterocycles. The Balaban J connectivity index is 2.16. The quantitative estimate of drug-likeness (QED) is 0.817. The standard InChI is InChI=1S/C18H18N2/c19-18(20)12-11-16(14-7-3-1-4-8-14)17(13-18)15-9-5-2-6-10-15/h1-12H,13,19-20H2. The molecule has 0 aromatic heterocycles. The second-order valence-corrected chi connectivity index (χ2v) is 5.25. The van der Waals surface area contributed by atoms with Gasteiger partial charge in [0, 0.05) is 6.42 Å². The molecule has 0 atom stereocenters. The fourth-order valence-corrected chi connectivity index (χ4v) is 2.58. The third-order valence-corrected chi connectivity index (χ3v) is 3.58. The van der Waals surface area contributed by atoms with Gasteiger partial charge in [0.15, 0.2) is 0 Å². The Morgan fingerprint density at radius 2 is 1.30 bits per heavy atom. The van der Waals surface area contributed by atoms with Gasteiger partial charge in [0.2, 0.25) is 0 Å². The molecule has 20 heavy (non-hydrogen) atoms. The summed E-state index contributed by atoms with van der Waals surface area (Å²) < 4.78 is 0. The summed E-state index contributed by atoms with van der Waals surface area (Å²) in [6, 6.07) is 20.7. The lowest BCUT2D eigenvalue weighted by Gasteiger charge is -2.28. The van der Waals surface area contributed by atoms with Crippen molar-refractivity contribution in [3.8, 4) is 0 Å². The lowest BCUT2D eigenvalue weighted by Crippen LogP contribution is -2.48. The van der Waals surface area contributed by atoms with E-state index in [1.54, 1.807) is 0 Å². The van der Waals surface area contributed by atoms with Crippen LogP contribution in [-0.2, 0) is 0 Å². The SMILES string of the molecule is NC1(N)C=CC(c2ccccc2)=C(c2ccccc2)C1. The van der Waals surface area contributed by atoms with Gasteiger partial charge in [0.05, 0.1) is 5.66 Å². The second kappa shape index (κ2) is 5.08. The first-order chi connectivity index (χ1) is 9.66. The van der Waals surface area contributed by atoms with Crippen molar-refractivity contribution in [2.75, 3.05) is 0 Å². The molecule has 0 amide bonds. The van der Waals surface area contributed by atoms with Crippen molar-refractivity contribution in [1.82, 2.24) is 0 Å². The summed E-state index contributed by atoms with van der Waals surface area (Å²) in [4.78, 5) is 0. The molecule has 0 heterocycles. The highest BCUT2D eigenvalue weighted by molar-refractivity contribution is 5.97. The van der Waals surface area contributed by atoms with Crippen LogP contribution in [0.1, 0.15) is 17.5 Å². The average molecular weight is 262 g/mol. The van der Waals surface area contributed by atoms with Crippen molar-refractivity contribution >= 4 is 11.1 Å². The number of hydrogen-bond acceptors (Lipinski definition) is 2. The molecule has 0 saturated carbocycles. The molecule has 1 aliphatic rings. The zero-order chi connectivity index (χ0) is 14.0. The van der Waals surface area contributed by atoms with E-state index in [0.717, 1.165) is 0 Å². The van der Waals surface area contributed by atoms with Crippen LogP contribution in [0.2, 0.25) is 0 Å². The molecule has 100 valence electrons. The van der Waals surface area contributed by atoms with E-state index < -0.39 is 5.66 Å². The van der Waals surface area contributed by atoms with E-state index in [1.807, 2.05) is 48.6 Å². The van der Waals surface area contributed by atoms with E-state index in [1.165, 1.54) is 22.3 Å². The van der Waals surface area contributed by atoms with Crippen molar-refractivity contribution in [3.63, 3.8) is 0 Å². The highest BCUT2D eigenvalue weighted by Gasteiger charge is 2.24. The number of benzene rings is 2. The van der Waals surface area contributed by atoms with Crippen molar-refractivity contribution < 1.29 is 0 Å². The average Bonchev–Trinajstić information content (AvgIpc) is 2.48. The molecule has 0 spiro atoms. The first-order valence-electron chi connectivity index (χ1n) is 6.77. The summed E-state index contributed by atoms with van der Waals surface area (Å²) >= 11 is 0. The molecular formula is C18H18N2. The maximum atomic E-state index is 6.10. The van der Waals surface area contributed by atoms with Gasteiger partial charge in [-0.1, -0.05) is 66.7 Å². The second-order valence-electron chi connectivity index (χ2n) is 5.25. The van der Waals surface area contributed by atoms with E-state index >= 15 is 0 Å². The first kappa shape index (κ1) is 12.9. The van der Waals surface area contributed by atoms with Crippen molar-refractivity contribution in [3.05, 3.63) is 83.9 Å². The summed E-state index contributed by atoms with van der Waals surface area (Å²) in [5.74, 6) is 0. The van der Waals surface area contributed by atoms with Gasteiger partial charge in [-0.25, -0.2) is 0 Å². The molecule has 2 heteroatoms. The Morgan fingerprint density at radius 3 is 1.90 bits per heavy atom. The summed E-state index contributed by atoms with van der Waals surface area (Å²) in [5.41, 5.74) is 16.2. The molecule has 0 fully saturated rings. The fraction of sp³-hybridized carbons (Fsp3) is 0.111. The highest BCUT2D eigenvalue weighted by Crippen LogP contribution is 2.35. The summed E-state index contributed by atoms with van der Waals surface area (Å²) in [5, 5.41) is 0. The molecule has 0 bridgehead atoms. The largest absolute Gasteiger partial charge is 0.310 e. The van der Waals surface area contributed by atoms with E-state index in [0.29, 0.717) is 6.42 Å². The predicted molar refractivity (Wildman–Crippen MR) is 84.6 cm³/mol. The molecule has 0 radical (unpaired) electrons. The molecular weight excluding hydrogens is 244 g/mol. The van der Waals surface area contributed by atoms with Crippen LogP contribution in [0.5, 0.6) is 0 Å². The van der Waals surface area contributed by atoms with Gasteiger partial charge >= 0.3 is 0 Å². The van der Waals surface area contributed by atoms with Crippen molar-refractivity contribution in [1.29, 1.82) is 0 Å². The van der Waals surface area contributed by atoms with Crippen LogP contribution in [-0.4, -0.2) is 5.66 Å². The van der Waals surface area contributed by atoms with Gasteiger partial charge < -0.3 is 11.5 Å². The minimum absolute atomic E-state index is 0.637. The van der Waals surface area contributed by atoms with Crippen LogP contribution >= 0.6 is 0 Å². The lowest BCUT2D eigenvalue weighted by molar-refractivity contribution is 0.566. The van der Waals surface area contributed by atoms with Gasteiger partial charge in [-0.3, -0.25) is 0 Å². The van der Waals surface area contributed by atoms with Gasteiger partial charge in [0.25, 0.3) is 0 Å². The molecule has 3 rings (SSSR count). The maximum Gasteiger partial charge on any atom is 0.0873 e. The summed E-state index contributed by atoms with van der Waals surface area (Å²) in [6.45, 7) is 0. The Hall–Kier alpha value is -2.16. The first-order valence-corrected chi connectivity index (χ1v) is 6.77. The number of hydrogen-bond donors (Lipinski definition) is 2. The van der Waals surface area contributed by atoms with Crippen LogP contribution in [0.15, 0.2) is 72.8 Å². The third kappa shape index (κ3) is 2.57. The predicted octanol–water partition coefficient (Wildman–Crippen LogP) is 3.17. The van der Waals surface area contributed by atoms with Gasteiger partial charge in [-0.15, -0.1) is 0 Å². The number of nitrogens with two attached hydrogens (primary N) is 2. The fourth-order valence-electron chi connectivity index (χ4n) is 2.58. The zero-order valence-corrected chi connectivity index (χ0v) is 11.3. The van der Waals surface area contributed by atoms with Crippen LogP contribution in [0.4, 0.5) is 0 Å². The minimum atomic E-state index is -0.774. The number of allylic oxidation sites excluding steroid dienone is 2. The lowest BCUT2D eigenvalue weighted by atomic mass is 9.84. The molecule has 2 aromatic carbocycles. The topological polar surface area (TPSA) is 52.0 Å². The summed E-state index contributed by atoms with van der Waals surface area (Å²) in [6.07, 6.45) is 4.57. The monoisotopic (exact) mass is 262 g/mol. The van der Waals surface area contributed by atoms with Crippen LogP contribution in [0.25, 0.3) is 11.1 Å². The van der Waals surface area contributed by atoms with Crippen LogP contribution in [0, 0.1) is 0 Å². The van der Waals surface area contributed by atoms with Crippen LogP contribution in [0.3, 0.4) is 0 Å². The Kier molecular flexibility index (Phi) is 3.26. The Morgan fingerprint density at radius 1 is 0.750 bits per heavy atom. The van der Waals surface area contributed by atoms with E-state index in [9.17, 15) is 0 Å². The smallest absolute Gasteiger partial charge is 0.0873 e. The van der Waals surface area contributed by atoms with E-state index in [4.69, 9.17) is 11.5 Å². The molecule has 0 unspecified atom stereocenters. The van der Waals surface area contributed by atoms with Gasteiger partial charge in [-0.2, -0.15) is 0 Å². The maximum absolute atomic E-state index is 6.10. The third-order valence-electron chi connectivity index (χ3n) is 3.58. The zero-order valence-electron chi connectivity index (χ0n) is 11.3. The van der Waals surface area contributed by atoms with Crippen LogP contribution < -0.4 is 11.5 Å². The molecule has 2 nitrogen and oxygen atoms in total. The highest BCUT2D eigenvalue weighted by atomic mass is 14.9. The Bertz CT molecular complexity index is 652. The number of rotatable bonds is 2. The molecule has 4 N–H and O–H groups in total. The van der Waals surface area contributed by atoms with E-state index in [-0.39, 0.29) is 0 Å². The van der Waals surface area contributed by atoms with Gasteiger partial charge in [-0.05, 0) is 28.3 Å². The van der Waals surface area contributed by atoms with Crippen molar-refractivity contribution in [2.45, 2.75) is 12.1 Å². The van der Waals surface area contributed by atoms with Gasteiger partial charge in [0.1, 0.15) is 0 Å². The molecule has 1 aliphatic carbocycles. The minimum Gasteiger partial charge on any atom is -0.310 e. The van der Waals surface area contributed by atoms with Crippen molar-refractivity contribution in [2.24, 2.45) is 11.5 Å².